The average molecular weight is 465 g/mol. The monoisotopic (exact) mass is 465 g/mol. The molecule has 1 aromatic carbocycles. The van der Waals surface area contributed by atoms with Crippen molar-refractivity contribution in [3.05, 3.63) is 18.2 Å². The second-order valence-electron chi connectivity index (χ2n) is 5.15. The van der Waals surface area contributed by atoms with E-state index in [0.29, 0.717) is 31.3 Å². The molecule has 0 aliphatic heterocycles. The van der Waals surface area contributed by atoms with Crippen molar-refractivity contribution in [3.8, 4) is 11.5 Å². The largest absolute Gasteiger partial charge is 0.493 e. The molecular weight excluding hydrogens is 433 g/mol. The van der Waals surface area contributed by atoms with Gasteiger partial charge in [-0.05, 0) is 32.4 Å². The molecule has 7 heteroatoms. The second-order valence-corrected chi connectivity index (χ2v) is 5.15. The highest BCUT2D eigenvalue weighted by molar-refractivity contribution is 14.0. The number of halogens is 1. The zero-order chi connectivity index (χ0) is 17.6. The van der Waals surface area contributed by atoms with Crippen LogP contribution in [0, 0.1) is 0 Å². The Balaban J connectivity index is 0.00000576. The molecule has 0 fully saturated rings. The number of benzene rings is 1. The molecule has 0 saturated carbocycles. The number of hydrogen-bond acceptors (Lipinski definition) is 4. The molecule has 0 heterocycles. The molecule has 0 aromatic heterocycles. The van der Waals surface area contributed by atoms with Gasteiger partial charge in [-0.15, -0.1) is 24.0 Å². The van der Waals surface area contributed by atoms with Gasteiger partial charge in [0.15, 0.2) is 17.5 Å². The first-order chi connectivity index (χ1) is 11.7. The third kappa shape index (κ3) is 9.74. The lowest BCUT2D eigenvalue weighted by atomic mass is 10.2. The van der Waals surface area contributed by atoms with Gasteiger partial charge >= 0.3 is 0 Å². The summed E-state index contributed by atoms with van der Waals surface area (Å²) in [5.74, 6) is 2.15. The molecule has 0 spiro atoms. The van der Waals surface area contributed by atoms with E-state index >= 15 is 0 Å². The third-order valence-corrected chi connectivity index (χ3v) is 3.22. The Kier molecular flexibility index (Phi) is 14.3. The number of guanidine groups is 1. The van der Waals surface area contributed by atoms with E-state index in [2.05, 4.69) is 22.5 Å². The van der Waals surface area contributed by atoms with E-state index < -0.39 is 0 Å². The fourth-order valence-corrected chi connectivity index (χ4v) is 2.04. The predicted molar refractivity (Wildman–Crippen MR) is 115 cm³/mol. The van der Waals surface area contributed by atoms with E-state index in [9.17, 15) is 0 Å². The molecule has 0 saturated heterocycles. The first-order valence-corrected chi connectivity index (χ1v) is 8.69. The quantitative estimate of drug-likeness (QED) is 0.225. The molecule has 2 N–H and O–H groups in total. The number of methoxy groups -OCH3 is 1. The number of anilines is 1. The highest BCUT2D eigenvalue weighted by Gasteiger charge is 2.06. The summed E-state index contributed by atoms with van der Waals surface area (Å²) in [4.78, 5) is 4.52. The van der Waals surface area contributed by atoms with Crippen LogP contribution < -0.4 is 20.1 Å². The summed E-state index contributed by atoms with van der Waals surface area (Å²) in [6.07, 6.45) is 2.24. The van der Waals surface area contributed by atoms with Crippen LogP contribution in [0.2, 0.25) is 0 Å². The van der Waals surface area contributed by atoms with Crippen LogP contribution in [-0.2, 0) is 4.74 Å². The van der Waals surface area contributed by atoms with Crippen molar-refractivity contribution in [1.82, 2.24) is 5.32 Å². The summed E-state index contributed by atoms with van der Waals surface area (Å²) in [5, 5.41) is 6.50. The van der Waals surface area contributed by atoms with Gasteiger partial charge in [0.2, 0.25) is 0 Å². The van der Waals surface area contributed by atoms with Gasteiger partial charge in [-0.2, -0.15) is 0 Å². The Morgan fingerprint density at radius 3 is 2.56 bits per heavy atom. The number of rotatable bonds is 11. The molecule has 0 amide bonds. The van der Waals surface area contributed by atoms with Gasteiger partial charge < -0.3 is 24.8 Å². The molecule has 0 atom stereocenters. The number of nitrogens with one attached hydrogen (secondary N) is 2. The first-order valence-electron chi connectivity index (χ1n) is 8.69. The zero-order valence-electron chi connectivity index (χ0n) is 15.8. The van der Waals surface area contributed by atoms with Gasteiger partial charge in [-0.1, -0.05) is 13.3 Å². The summed E-state index contributed by atoms with van der Waals surface area (Å²) in [7, 11) is 1.63. The molecule has 1 aromatic rings. The van der Waals surface area contributed by atoms with Crippen molar-refractivity contribution in [2.45, 2.75) is 33.6 Å². The SMILES string of the molecule is CCCCOCCN=C(NCC)Nc1ccc(OC)c(OCC)c1.I. The number of unbranched alkanes of at least 4 members (excludes halogenated alkanes) is 1. The fourth-order valence-electron chi connectivity index (χ4n) is 2.04. The summed E-state index contributed by atoms with van der Waals surface area (Å²) in [6.45, 7) is 9.56. The van der Waals surface area contributed by atoms with Gasteiger partial charge in [0.05, 0.1) is 26.9 Å². The van der Waals surface area contributed by atoms with Crippen LogP contribution in [0.1, 0.15) is 33.6 Å². The molecule has 0 aliphatic rings. The van der Waals surface area contributed by atoms with Crippen molar-refractivity contribution in [2.75, 3.05) is 45.3 Å². The zero-order valence-corrected chi connectivity index (χ0v) is 18.1. The lowest BCUT2D eigenvalue weighted by Crippen LogP contribution is -2.31. The van der Waals surface area contributed by atoms with Crippen LogP contribution in [0.4, 0.5) is 5.69 Å². The normalized spacial score (nSPS) is 10.8. The fraction of sp³-hybridized carbons (Fsp3) is 0.611. The Hall–Kier alpha value is -1.22. The molecule has 6 nitrogen and oxygen atoms in total. The van der Waals surface area contributed by atoms with E-state index in [-0.39, 0.29) is 24.0 Å². The maximum Gasteiger partial charge on any atom is 0.195 e. The minimum absolute atomic E-state index is 0. The summed E-state index contributed by atoms with van der Waals surface area (Å²) >= 11 is 0. The summed E-state index contributed by atoms with van der Waals surface area (Å²) < 4.78 is 16.4. The van der Waals surface area contributed by atoms with Gasteiger partial charge in [-0.25, -0.2) is 0 Å². The van der Waals surface area contributed by atoms with Crippen LogP contribution in [0.5, 0.6) is 11.5 Å². The van der Waals surface area contributed by atoms with Gasteiger partial charge in [0.25, 0.3) is 0 Å². The Morgan fingerprint density at radius 1 is 1.12 bits per heavy atom. The van der Waals surface area contributed by atoms with Crippen molar-refractivity contribution in [1.29, 1.82) is 0 Å². The van der Waals surface area contributed by atoms with E-state index in [1.54, 1.807) is 7.11 Å². The topological polar surface area (TPSA) is 64.1 Å². The van der Waals surface area contributed by atoms with E-state index in [4.69, 9.17) is 14.2 Å². The van der Waals surface area contributed by atoms with Crippen LogP contribution in [0.25, 0.3) is 0 Å². The van der Waals surface area contributed by atoms with E-state index in [1.807, 2.05) is 32.0 Å². The molecule has 25 heavy (non-hydrogen) atoms. The lowest BCUT2D eigenvalue weighted by molar-refractivity contribution is 0.139. The molecular formula is C18H32IN3O3. The molecule has 144 valence electrons. The minimum atomic E-state index is 0. The van der Waals surface area contributed by atoms with Crippen molar-refractivity contribution < 1.29 is 14.2 Å². The number of ether oxygens (including phenoxy) is 3. The van der Waals surface area contributed by atoms with Crippen LogP contribution in [0.15, 0.2) is 23.2 Å². The van der Waals surface area contributed by atoms with Crippen LogP contribution >= 0.6 is 24.0 Å². The Morgan fingerprint density at radius 2 is 1.92 bits per heavy atom. The van der Waals surface area contributed by atoms with E-state index in [1.165, 1.54) is 0 Å². The Bertz CT molecular complexity index is 498. The van der Waals surface area contributed by atoms with Crippen molar-refractivity contribution in [3.63, 3.8) is 0 Å². The first kappa shape index (κ1) is 23.8. The highest BCUT2D eigenvalue weighted by atomic mass is 127. The van der Waals surface area contributed by atoms with Crippen LogP contribution in [0.3, 0.4) is 0 Å². The van der Waals surface area contributed by atoms with Crippen molar-refractivity contribution in [2.24, 2.45) is 4.99 Å². The van der Waals surface area contributed by atoms with Gasteiger partial charge in [-0.3, -0.25) is 4.99 Å². The number of aliphatic imine (C=N–C) groups is 1. The minimum Gasteiger partial charge on any atom is -0.493 e. The molecule has 1 rings (SSSR count). The maximum absolute atomic E-state index is 5.60. The Labute approximate surface area is 168 Å². The van der Waals surface area contributed by atoms with E-state index in [0.717, 1.165) is 37.6 Å². The third-order valence-electron chi connectivity index (χ3n) is 3.22. The average Bonchev–Trinajstić information content (AvgIpc) is 2.58. The standard InChI is InChI=1S/C18H31N3O3.HI/c1-5-8-12-23-13-11-20-18(19-6-2)21-15-9-10-16(22-4)17(14-15)24-7-3;/h9-10,14H,5-8,11-13H2,1-4H3,(H2,19,20,21);1H. The summed E-state index contributed by atoms with van der Waals surface area (Å²) in [5.41, 5.74) is 0.894. The maximum atomic E-state index is 5.60. The predicted octanol–water partition coefficient (Wildman–Crippen LogP) is 3.91. The molecule has 0 bridgehead atoms. The smallest absolute Gasteiger partial charge is 0.195 e. The van der Waals surface area contributed by atoms with Crippen molar-refractivity contribution >= 4 is 35.6 Å². The lowest BCUT2D eigenvalue weighted by Gasteiger charge is -2.14. The number of hydrogen-bond donors (Lipinski definition) is 2. The number of nitrogens with zero attached hydrogens (tertiary/aromatic N) is 1. The van der Waals surface area contributed by atoms with Gasteiger partial charge in [0.1, 0.15) is 0 Å². The molecule has 0 radical (unpaired) electrons. The summed E-state index contributed by atoms with van der Waals surface area (Å²) in [6, 6.07) is 5.73. The molecule has 0 aliphatic carbocycles. The highest BCUT2D eigenvalue weighted by Crippen LogP contribution is 2.30. The second kappa shape index (κ2) is 15.1. The van der Waals surface area contributed by atoms with Crippen LogP contribution in [-0.4, -0.2) is 46.0 Å². The molecule has 0 unspecified atom stereocenters. The van der Waals surface area contributed by atoms with Gasteiger partial charge in [0, 0.05) is 24.9 Å².